The number of rotatable bonds is 13. The molecule has 42 heavy (non-hydrogen) atoms. The minimum Gasteiger partial charge on any atom is -0.487 e. The Labute approximate surface area is 242 Å². The molecule has 8 nitrogen and oxygen atoms in total. The number of Topliss-reactive ketones (excluding diaryl/α,β-unsaturated/α-hetero) is 1. The summed E-state index contributed by atoms with van der Waals surface area (Å²) in [5.74, 6) is -3.17. The molecular formula is C31H34F3N3O5. The molecule has 11 heteroatoms. The van der Waals surface area contributed by atoms with Gasteiger partial charge in [0.25, 0.3) is 0 Å². The molecule has 1 aromatic heterocycles. The minimum absolute atomic E-state index is 0.0135. The van der Waals surface area contributed by atoms with E-state index in [0.29, 0.717) is 37.3 Å². The zero-order valence-corrected chi connectivity index (χ0v) is 23.2. The number of benzene rings is 2. The van der Waals surface area contributed by atoms with Crippen molar-refractivity contribution in [3.05, 3.63) is 95.1 Å². The molecule has 1 saturated heterocycles. The molecule has 0 aliphatic carbocycles. The number of pyridine rings is 1. The van der Waals surface area contributed by atoms with Gasteiger partial charge in [0, 0.05) is 43.1 Å². The van der Waals surface area contributed by atoms with Crippen molar-refractivity contribution in [2.24, 2.45) is 5.73 Å². The highest BCUT2D eigenvalue weighted by Gasteiger charge is 2.30. The number of nitrogens with one attached hydrogen (secondary N) is 1. The van der Waals surface area contributed by atoms with Gasteiger partial charge in [-0.05, 0) is 48.7 Å². The summed E-state index contributed by atoms with van der Waals surface area (Å²) in [5, 5.41) is 3.29. The number of aromatic nitrogens is 1. The van der Waals surface area contributed by atoms with E-state index in [1.165, 1.54) is 54.7 Å². The first-order valence-corrected chi connectivity index (χ1v) is 13.8. The summed E-state index contributed by atoms with van der Waals surface area (Å²) in [7, 11) is 0. The summed E-state index contributed by atoms with van der Waals surface area (Å²) in [6.45, 7) is 2.88. The second-order valence-electron chi connectivity index (χ2n) is 10.1. The molecule has 3 aromatic rings. The standard InChI is InChI=1S/C31H34F3N3O5/c1-2-40-28(39)12-11-24-17-41-25(15-37-24)18-42-31-21(14-36-16-26(31)34)13-27(38)30(35)29(19-3-7-22(32)8-4-19)20-5-9-23(33)10-6-20/h3-10,14,16,24-25,29-30,37H,2,11-13,15,17-18,35H2,1H3/t24-,25+,30-/m1/s1. The predicted octanol–water partition coefficient (Wildman–Crippen LogP) is 3.85. The van der Waals surface area contributed by atoms with Gasteiger partial charge in [0.15, 0.2) is 17.3 Å². The van der Waals surface area contributed by atoms with Gasteiger partial charge >= 0.3 is 5.97 Å². The molecule has 0 bridgehead atoms. The van der Waals surface area contributed by atoms with Crippen molar-refractivity contribution in [1.82, 2.24) is 10.3 Å². The molecule has 0 saturated carbocycles. The van der Waals surface area contributed by atoms with Crippen LogP contribution >= 0.6 is 0 Å². The molecule has 224 valence electrons. The Morgan fingerprint density at radius 3 is 2.26 bits per heavy atom. The van der Waals surface area contributed by atoms with Gasteiger partial charge < -0.3 is 25.3 Å². The van der Waals surface area contributed by atoms with Crippen molar-refractivity contribution in [2.45, 2.75) is 50.3 Å². The Morgan fingerprint density at radius 2 is 1.69 bits per heavy atom. The number of halogens is 3. The summed E-state index contributed by atoms with van der Waals surface area (Å²) >= 11 is 0. The number of nitrogens with two attached hydrogens (primary N) is 1. The second-order valence-corrected chi connectivity index (χ2v) is 10.1. The van der Waals surface area contributed by atoms with Crippen LogP contribution < -0.4 is 15.8 Å². The second kappa shape index (κ2) is 14.9. The van der Waals surface area contributed by atoms with Crippen molar-refractivity contribution in [3.63, 3.8) is 0 Å². The van der Waals surface area contributed by atoms with E-state index >= 15 is 0 Å². The van der Waals surface area contributed by atoms with E-state index in [4.69, 9.17) is 19.9 Å². The van der Waals surface area contributed by atoms with Gasteiger partial charge in [-0.3, -0.25) is 14.6 Å². The van der Waals surface area contributed by atoms with E-state index in [1.807, 2.05) is 0 Å². The van der Waals surface area contributed by atoms with Crippen LogP contribution in [-0.2, 0) is 25.5 Å². The summed E-state index contributed by atoms with van der Waals surface area (Å²) in [6, 6.07) is 9.99. The van der Waals surface area contributed by atoms with Crippen LogP contribution in [0.4, 0.5) is 13.2 Å². The number of ether oxygens (including phenoxy) is 3. The number of hydrogen-bond donors (Lipinski definition) is 2. The molecule has 2 heterocycles. The van der Waals surface area contributed by atoms with Crippen molar-refractivity contribution in [2.75, 3.05) is 26.4 Å². The molecule has 3 N–H and O–H groups in total. The number of morpholine rings is 1. The zero-order chi connectivity index (χ0) is 30.1. The molecule has 1 aliphatic rings. The minimum atomic E-state index is -1.12. The molecule has 4 rings (SSSR count). The molecule has 1 fully saturated rings. The number of hydrogen-bond acceptors (Lipinski definition) is 8. The number of ketones is 1. The average Bonchev–Trinajstić information content (AvgIpc) is 2.98. The molecule has 0 unspecified atom stereocenters. The first-order chi connectivity index (χ1) is 20.2. The van der Waals surface area contributed by atoms with E-state index in [0.717, 1.165) is 6.20 Å². The Kier molecular flexibility index (Phi) is 11.0. The lowest BCUT2D eigenvalue weighted by Gasteiger charge is -2.30. The lowest BCUT2D eigenvalue weighted by Crippen LogP contribution is -2.48. The largest absolute Gasteiger partial charge is 0.487 e. The van der Waals surface area contributed by atoms with E-state index in [1.54, 1.807) is 6.92 Å². The quantitative estimate of drug-likeness (QED) is 0.291. The highest BCUT2D eigenvalue weighted by Crippen LogP contribution is 2.30. The SMILES string of the molecule is CCOC(=O)CC[C@@H]1CO[C@H](COc2c(F)cncc2CC(=O)[C@@H](N)C(c2ccc(F)cc2)c2ccc(F)cc2)CN1. The smallest absolute Gasteiger partial charge is 0.305 e. The van der Waals surface area contributed by atoms with Crippen molar-refractivity contribution >= 4 is 11.8 Å². The van der Waals surface area contributed by atoms with Gasteiger partial charge in [0.2, 0.25) is 0 Å². The monoisotopic (exact) mass is 585 g/mol. The normalized spacial score (nSPS) is 17.6. The Bertz CT molecular complexity index is 1290. The average molecular weight is 586 g/mol. The van der Waals surface area contributed by atoms with Crippen LogP contribution in [0.25, 0.3) is 0 Å². The predicted molar refractivity (Wildman–Crippen MR) is 148 cm³/mol. The first-order valence-electron chi connectivity index (χ1n) is 13.8. The number of carbonyl (C=O) groups is 2. The summed E-state index contributed by atoms with van der Waals surface area (Å²) < 4.78 is 58.6. The maximum atomic E-state index is 14.8. The lowest BCUT2D eigenvalue weighted by atomic mass is 9.82. The summed E-state index contributed by atoms with van der Waals surface area (Å²) in [5.41, 5.74) is 7.80. The van der Waals surface area contributed by atoms with Gasteiger partial charge in [-0.25, -0.2) is 13.2 Å². The molecule has 1 aliphatic heterocycles. The topological polar surface area (TPSA) is 113 Å². The van der Waals surface area contributed by atoms with Crippen LogP contribution in [0.1, 0.15) is 42.4 Å². The van der Waals surface area contributed by atoms with E-state index in [-0.39, 0.29) is 48.9 Å². The van der Waals surface area contributed by atoms with Crippen LogP contribution in [-0.4, -0.2) is 61.3 Å². The van der Waals surface area contributed by atoms with Gasteiger partial charge in [-0.1, -0.05) is 24.3 Å². The molecule has 0 radical (unpaired) electrons. The Balaban J connectivity index is 1.41. The molecule has 0 spiro atoms. The fraction of sp³-hybridized carbons (Fsp3) is 0.387. The fourth-order valence-corrected chi connectivity index (χ4v) is 4.85. The van der Waals surface area contributed by atoms with Gasteiger partial charge in [0.1, 0.15) is 24.3 Å². The third-order valence-corrected chi connectivity index (χ3v) is 7.06. The van der Waals surface area contributed by atoms with Gasteiger partial charge in [-0.15, -0.1) is 0 Å². The lowest BCUT2D eigenvalue weighted by molar-refractivity contribution is -0.143. The first kappa shape index (κ1) is 31.1. The van der Waals surface area contributed by atoms with Gasteiger partial charge in [-0.2, -0.15) is 0 Å². The zero-order valence-electron chi connectivity index (χ0n) is 23.2. The van der Waals surface area contributed by atoms with Crippen LogP contribution in [0.3, 0.4) is 0 Å². The van der Waals surface area contributed by atoms with Crippen molar-refractivity contribution < 1.29 is 37.0 Å². The Morgan fingerprint density at radius 1 is 1.05 bits per heavy atom. The number of carbonyl (C=O) groups excluding carboxylic acids is 2. The van der Waals surface area contributed by atoms with E-state index in [9.17, 15) is 22.8 Å². The van der Waals surface area contributed by atoms with Crippen molar-refractivity contribution in [3.8, 4) is 5.75 Å². The highest BCUT2D eigenvalue weighted by molar-refractivity contribution is 5.88. The Hall–Kier alpha value is -3.80. The van der Waals surface area contributed by atoms with Crippen molar-refractivity contribution in [1.29, 1.82) is 0 Å². The van der Waals surface area contributed by atoms with Crippen LogP contribution in [0.2, 0.25) is 0 Å². The van der Waals surface area contributed by atoms with Crippen LogP contribution in [0.5, 0.6) is 5.75 Å². The molecule has 0 amide bonds. The van der Waals surface area contributed by atoms with Gasteiger partial charge in [0.05, 0.1) is 25.5 Å². The molecule has 2 aromatic carbocycles. The highest BCUT2D eigenvalue weighted by atomic mass is 19.1. The fourth-order valence-electron chi connectivity index (χ4n) is 4.85. The van der Waals surface area contributed by atoms with E-state index in [2.05, 4.69) is 10.3 Å². The van der Waals surface area contributed by atoms with E-state index < -0.39 is 35.2 Å². The summed E-state index contributed by atoms with van der Waals surface area (Å²) in [4.78, 5) is 28.9. The summed E-state index contributed by atoms with van der Waals surface area (Å²) in [6.07, 6.45) is 2.52. The third kappa shape index (κ3) is 8.37. The molecular weight excluding hydrogens is 551 g/mol. The third-order valence-electron chi connectivity index (χ3n) is 7.06. The maximum Gasteiger partial charge on any atom is 0.305 e. The van der Waals surface area contributed by atoms with Crippen LogP contribution in [0.15, 0.2) is 60.9 Å². The molecule has 3 atom stereocenters. The number of esters is 1. The maximum absolute atomic E-state index is 14.8. The van der Waals surface area contributed by atoms with Crippen LogP contribution in [0, 0.1) is 17.5 Å². The number of nitrogens with zero attached hydrogens (tertiary/aromatic N) is 1.